The van der Waals surface area contributed by atoms with Crippen LogP contribution in [0.5, 0.6) is 0 Å². The molecule has 1 aromatic heterocycles. The summed E-state index contributed by atoms with van der Waals surface area (Å²) < 4.78 is 0. The highest BCUT2D eigenvalue weighted by Gasteiger charge is 2.50. The number of carboxylic acids is 2. The highest BCUT2D eigenvalue weighted by molar-refractivity contribution is 6.29. The fourth-order valence-electron chi connectivity index (χ4n) is 2.42. The summed E-state index contributed by atoms with van der Waals surface area (Å²) in [7, 11) is 0. The Morgan fingerprint density at radius 2 is 1.95 bits per heavy atom. The zero-order valence-corrected chi connectivity index (χ0v) is 11.5. The Labute approximate surface area is 120 Å². The van der Waals surface area contributed by atoms with Crippen LogP contribution in [0.1, 0.15) is 25.5 Å². The van der Waals surface area contributed by atoms with Crippen molar-refractivity contribution in [2.75, 3.05) is 0 Å². The van der Waals surface area contributed by atoms with Gasteiger partial charge in [0.2, 0.25) is 0 Å². The molecule has 0 aromatic carbocycles. The maximum atomic E-state index is 11.7. The standard InChI is InChI=1S/C13H13ClN2O4/c1-12(10(17)18)5-2-6-13(7-12,11(19)20)8-3-4-9(14)16-15-8/h2-4,6H,5,7H2,1H3,(H,17,18)(H,19,20). The average Bonchev–Trinajstić information content (AvgIpc) is 2.39. The molecule has 1 heterocycles. The second-order valence-electron chi connectivity index (χ2n) is 5.17. The first kappa shape index (κ1) is 14.5. The van der Waals surface area contributed by atoms with Crippen molar-refractivity contribution in [3.05, 3.63) is 35.1 Å². The fourth-order valence-corrected chi connectivity index (χ4v) is 2.52. The maximum absolute atomic E-state index is 11.7. The van der Waals surface area contributed by atoms with Crippen molar-refractivity contribution in [3.63, 3.8) is 0 Å². The summed E-state index contributed by atoms with van der Waals surface area (Å²) in [5, 5.41) is 26.5. The first-order valence-corrected chi connectivity index (χ1v) is 6.32. The van der Waals surface area contributed by atoms with Crippen LogP contribution in [-0.2, 0) is 15.0 Å². The van der Waals surface area contributed by atoms with Gasteiger partial charge < -0.3 is 10.2 Å². The van der Waals surface area contributed by atoms with Crippen molar-refractivity contribution < 1.29 is 19.8 Å². The molecule has 106 valence electrons. The molecule has 1 aliphatic carbocycles. The first-order valence-electron chi connectivity index (χ1n) is 5.94. The van der Waals surface area contributed by atoms with Gasteiger partial charge in [0.05, 0.1) is 11.1 Å². The van der Waals surface area contributed by atoms with Crippen molar-refractivity contribution in [2.45, 2.75) is 25.2 Å². The molecule has 6 nitrogen and oxygen atoms in total. The van der Waals surface area contributed by atoms with Gasteiger partial charge in [0.1, 0.15) is 5.41 Å². The van der Waals surface area contributed by atoms with E-state index < -0.39 is 22.8 Å². The summed E-state index contributed by atoms with van der Waals surface area (Å²) in [5.74, 6) is -2.19. The Morgan fingerprint density at radius 1 is 1.25 bits per heavy atom. The molecule has 0 spiro atoms. The van der Waals surface area contributed by atoms with Crippen LogP contribution >= 0.6 is 11.6 Å². The van der Waals surface area contributed by atoms with Gasteiger partial charge in [-0.15, -0.1) is 5.10 Å². The molecule has 0 bridgehead atoms. The molecule has 0 radical (unpaired) electrons. The third-order valence-electron chi connectivity index (χ3n) is 3.63. The molecule has 1 aliphatic rings. The number of hydrogen-bond acceptors (Lipinski definition) is 4. The maximum Gasteiger partial charge on any atom is 0.319 e. The Morgan fingerprint density at radius 3 is 2.45 bits per heavy atom. The monoisotopic (exact) mass is 296 g/mol. The predicted molar refractivity (Wildman–Crippen MR) is 70.5 cm³/mol. The van der Waals surface area contributed by atoms with E-state index in [0.717, 1.165) is 0 Å². The number of aromatic nitrogens is 2. The third kappa shape index (κ3) is 2.27. The predicted octanol–water partition coefficient (Wildman–Crippen LogP) is 1.89. The lowest BCUT2D eigenvalue weighted by Crippen LogP contribution is -2.45. The van der Waals surface area contributed by atoms with Crippen LogP contribution in [0.15, 0.2) is 24.3 Å². The molecule has 0 aliphatic heterocycles. The summed E-state index contributed by atoms with van der Waals surface area (Å²) in [6, 6.07) is 2.90. The van der Waals surface area contributed by atoms with E-state index in [0.29, 0.717) is 0 Å². The molecular weight excluding hydrogens is 284 g/mol. The minimum absolute atomic E-state index is 0.0858. The molecule has 2 rings (SSSR count). The van der Waals surface area contributed by atoms with Crippen LogP contribution in [-0.4, -0.2) is 32.3 Å². The molecular formula is C13H13ClN2O4. The lowest BCUT2D eigenvalue weighted by Gasteiger charge is -2.37. The molecule has 20 heavy (non-hydrogen) atoms. The third-order valence-corrected chi connectivity index (χ3v) is 3.83. The molecule has 7 heteroatoms. The van der Waals surface area contributed by atoms with Crippen molar-refractivity contribution in [1.29, 1.82) is 0 Å². The van der Waals surface area contributed by atoms with E-state index in [4.69, 9.17) is 11.6 Å². The zero-order valence-electron chi connectivity index (χ0n) is 10.7. The summed E-state index contributed by atoms with van der Waals surface area (Å²) in [5.41, 5.74) is -2.48. The van der Waals surface area contributed by atoms with E-state index >= 15 is 0 Å². The van der Waals surface area contributed by atoms with Crippen LogP contribution in [0.4, 0.5) is 0 Å². The largest absolute Gasteiger partial charge is 0.481 e. The summed E-state index contributed by atoms with van der Waals surface area (Å²) in [4.78, 5) is 23.1. The SMILES string of the molecule is CC1(C(=O)O)CC=CC(C(=O)O)(c2ccc(Cl)nn2)C1. The summed E-state index contributed by atoms with van der Waals surface area (Å²) >= 11 is 5.65. The lowest BCUT2D eigenvalue weighted by atomic mass is 9.65. The van der Waals surface area contributed by atoms with E-state index in [2.05, 4.69) is 10.2 Å². The highest BCUT2D eigenvalue weighted by Crippen LogP contribution is 2.44. The minimum atomic E-state index is -1.50. The van der Waals surface area contributed by atoms with E-state index in [-0.39, 0.29) is 23.7 Å². The summed E-state index contributed by atoms with van der Waals surface area (Å²) in [6.07, 6.45) is 3.25. The molecule has 1 aromatic rings. The highest BCUT2D eigenvalue weighted by atomic mass is 35.5. The Kier molecular flexibility index (Phi) is 3.52. The Balaban J connectivity index is 2.54. The number of carboxylic acid groups (broad SMARTS) is 2. The molecule has 2 unspecified atom stereocenters. The van der Waals surface area contributed by atoms with Gasteiger partial charge in [-0.2, -0.15) is 5.10 Å². The number of aliphatic carboxylic acids is 2. The van der Waals surface area contributed by atoms with Crippen LogP contribution in [0.25, 0.3) is 0 Å². The van der Waals surface area contributed by atoms with Gasteiger partial charge in [0.15, 0.2) is 5.15 Å². The fraction of sp³-hybridized carbons (Fsp3) is 0.385. The Hall–Kier alpha value is -1.95. The molecule has 0 amide bonds. The van der Waals surface area contributed by atoms with E-state index in [1.165, 1.54) is 25.1 Å². The van der Waals surface area contributed by atoms with Crippen molar-refractivity contribution >= 4 is 23.5 Å². The molecule has 0 saturated carbocycles. The quantitative estimate of drug-likeness (QED) is 0.826. The van der Waals surface area contributed by atoms with Crippen molar-refractivity contribution in [2.24, 2.45) is 5.41 Å². The number of hydrogen-bond donors (Lipinski definition) is 2. The van der Waals surface area contributed by atoms with Gasteiger partial charge in [0, 0.05) is 0 Å². The average molecular weight is 297 g/mol. The van der Waals surface area contributed by atoms with E-state index in [1.807, 2.05) is 0 Å². The zero-order chi connectivity index (χ0) is 15.0. The van der Waals surface area contributed by atoms with E-state index in [1.54, 1.807) is 6.08 Å². The number of rotatable bonds is 3. The van der Waals surface area contributed by atoms with Gasteiger partial charge in [0.25, 0.3) is 0 Å². The molecule has 2 atom stereocenters. The van der Waals surface area contributed by atoms with Crippen LogP contribution < -0.4 is 0 Å². The lowest BCUT2D eigenvalue weighted by molar-refractivity contribution is -0.152. The summed E-state index contributed by atoms with van der Waals surface area (Å²) in [6.45, 7) is 1.53. The van der Waals surface area contributed by atoms with Crippen LogP contribution in [0, 0.1) is 5.41 Å². The number of halogens is 1. The number of carbonyl (C=O) groups is 2. The van der Waals surface area contributed by atoms with E-state index in [9.17, 15) is 19.8 Å². The van der Waals surface area contributed by atoms with Gasteiger partial charge in [-0.25, -0.2) is 0 Å². The van der Waals surface area contributed by atoms with Gasteiger partial charge in [-0.3, -0.25) is 9.59 Å². The van der Waals surface area contributed by atoms with Crippen molar-refractivity contribution in [3.8, 4) is 0 Å². The van der Waals surface area contributed by atoms with Crippen LogP contribution in [0.3, 0.4) is 0 Å². The smallest absolute Gasteiger partial charge is 0.319 e. The molecule has 2 N–H and O–H groups in total. The normalized spacial score (nSPS) is 29.1. The van der Waals surface area contributed by atoms with Crippen molar-refractivity contribution in [1.82, 2.24) is 10.2 Å². The minimum Gasteiger partial charge on any atom is -0.481 e. The second-order valence-corrected chi connectivity index (χ2v) is 5.55. The topological polar surface area (TPSA) is 100 Å². The number of allylic oxidation sites excluding steroid dienone is 1. The van der Waals surface area contributed by atoms with Gasteiger partial charge in [-0.05, 0) is 31.9 Å². The first-order chi connectivity index (χ1) is 9.30. The molecule has 0 saturated heterocycles. The van der Waals surface area contributed by atoms with Gasteiger partial charge in [-0.1, -0.05) is 23.8 Å². The van der Waals surface area contributed by atoms with Crippen LogP contribution in [0.2, 0.25) is 5.15 Å². The Bertz CT molecular complexity index is 587. The second kappa shape index (κ2) is 4.86. The number of nitrogens with zero attached hydrogens (tertiary/aromatic N) is 2. The van der Waals surface area contributed by atoms with Gasteiger partial charge >= 0.3 is 11.9 Å². The molecule has 0 fully saturated rings.